The van der Waals surface area contributed by atoms with Crippen LogP contribution in [0, 0.1) is 12.7 Å². The normalized spacial score (nSPS) is 11.9. The summed E-state index contributed by atoms with van der Waals surface area (Å²) in [4.78, 5) is 2.11. The Labute approximate surface area is 154 Å². The van der Waals surface area contributed by atoms with Gasteiger partial charge in [-0.1, -0.05) is 18.2 Å². The van der Waals surface area contributed by atoms with E-state index >= 15 is 0 Å². The Balaban J connectivity index is 2.00. The largest absolute Gasteiger partial charge is 0.497 e. The molecule has 0 bridgehead atoms. The number of hydrogen-bond donors (Lipinski definition) is 2. The molecule has 6 heteroatoms. The molecule has 1 atom stereocenters. The molecule has 0 saturated carbocycles. The molecule has 0 aliphatic heterocycles. The molecular formula is C19H24FN3OS. The second-order valence-corrected chi connectivity index (χ2v) is 6.46. The molecule has 134 valence electrons. The third-order valence-corrected chi connectivity index (χ3v) is 4.23. The number of ether oxygens (including phenoxy) is 1. The molecule has 0 fully saturated rings. The van der Waals surface area contributed by atoms with Crippen LogP contribution in [0.3, 0.4) is 0 Å². The molecule has 0 unspecified atom stereocenters. The lowest BCUT2D eigenvalue weighted by Gasteiger charge is -2.26. The lowest BCUT2D eigenvalue weighted by Crippen LogP contribution is -2.36. The maximum atomic E-state index is 13.6. The summed E-state index contributed by atoms with van der Waals surface area (Å²) in [5.41, 5.74) is 2.36. The van der Waals surface area contributed by atoms with Gasteiger partial charge in [0.2, 0.25) is 0 Å². The van der Waals surface area contributed by atoms with Crippen molar-refractivity contribution >= 4 is 23.0 Å². The van der Waals surface area contributed by atoms with Crippen molar-refractivity contribution in [1.82, 2.24) is 10.2 Å². The molecule has 25 heavy (non-hydrogen) atoms. The molecule has 0 radical (unpaired) electrons. The van der Waals surface area contributed by atoms with E-state index in [2.05, 4.69) is 21.6 Å². The zero-order chi connectivity index (χ0) is 18.4. The Morgan fingerprint density at radius 2 is 2.00 bits per heavy atom. The van der Waals surface area contributed by atoms with Crippen LogP contribution in [-0.4, -0.2) is 37.8 Å². The number of anilines is 1. The van der Waals surface area contributed by atoms with E-state index in [1.54, 1.807) is 26.2 Å². The van der Waals surface area contributed by atoms with E-state index < -0.39 is 0 Å². The lowest BCUT2D eigenvalue weighted by molar-refractivity contribution is 0.298. The first-order valence-electron chi connectivity index (χ1n) is 8.02. The third-order valence-electron chi connectivity index (χ3n) is 3.99. The topological polar surface area (TPSA) is 36.5 Å². The summed E-state index contributed by atoms with van der Waals surface area (Å²) in [7, 11) is 5.68. The van der Waals surface area contributed by atoms with E-state index in [1.165, 1.54) is 6.07 Å². The monoisotopic (exact) mass is 361 g/mol. The van der Waals surface area contributed by atoms with Crippen molar-refractivity contribution in [2.75, 3.05) is 33.1 Å². The molecule has 0 heterocycles. The highest BCUT2D eigenvalue weighted by Gasteiger charge is 2.15. The van der Waals surface area contributed by atoms with Crippen LogP contribution in [0.4, 0.5) is 10.1 Å². The van der Waals surface area contributed by atoms with Gasteiger partial charge in [0.15, 0.2) is 5.11 Å². The highest BCUT2D eigenvalue weighted by Crippen LogP contribution is 2.22. The van der Waals surface area contributed by atoms with Crippen molar-refractivity contribution in [1.29, 1.82) is 0 Å². The zero-order valence-corrected chi connectivity index (χ0v) is 15.8. The summed E-state index contributed by atoms with van der Waals surface area (Å²) in [6, 6.07) is 13.0. The van der Waals surface area contributed by atoms with Crippen LogP contribution < -0.4 is 15.4 Å². The van der Waals surface area contributed by atoms with Gasteiger partial charge in [0.05, 0.1) is 13.2 Å². The molecule has 0 spiro atoms. The number of nitrogens with zero attached hydrogens (tertiary/aromatic N) is 1. The predicted octanol–water partition coefficient (Wildman–Crippen LogP) is 3.73. The number of benzene rings is 2. The van der Waals surface area contributed by atoms with Gasteiger partial charge in [-0.2, -0.15) is 0 Å². The average molecular weight is 361 g/mol. The van der Waals surface area contributed by atoms with Crippen LogP contribution in [0.1, 0.15) is 17.2 Å². The number of thiocarbonyl (C=S) groups is 1. The molecule has 2 rings (SSSR count). The number of halogens is 1. The summed E-state index contributed by atoms with van der Waals surface area (Å²) in [6.45, 7) is 2.34. The quantitative estimate of drug-likeness (QED) is 0.767. The van der Waals surface area contributed by atoms with Crippen molar-refractivity contribution in [3.63, 3.8) is 0 Å². The fourth-order valence-electron chi connectivity index (χ4n) is 2.48. The van der Waals surface area contributed by atoms with Gasteiger partial charge in [0, 0.05) is 12.2 Å². The first-order chi connectivity index (χ1) is 11.9. The highest BCUT2D eigenvalue weighted by molar-refractivity contribution is 7.80. The lowest BCUT2D eigenvalue weighted by atomic mass is 10.1. The molecule has 0 saturated heterocycles. The summed E-state index contributed by atoms with van der Waals surface area (Å²) < 4.78 is 18.9. The van der Waals surface area contributed by atoms with Crippen LogP contribution >= 0.6 is 12.2 Å². The van der Waals surface area contributed by atoms with Gasteiger partial charge in [-0.3, -0.25) is 0 Å². The Morgan fingerprint density at radius 3 is 2.64 bits per heavy atom. The first kappa shape index (κ1) is 19.1. The number of nitrogens with one attached hydrogen (secondary N) is 2. The van der Waals surface area contributed by atoms with Crippen molar-refractivity contribution in [2.45, 2.75) is 13.0 Å². The van der Waals surface area contributed by atoms with Crippen LogP contribution in [0.15, 0.2) is 42.5 Å². The van der Waals surface area contributed by atoms with E-state index in [9.17, 15) is 4.39 Å². The van der Waals surface area contributed by atoms with Gasteiger partial charge in [-0.05, 0) is 68.6 Å². The Morgan fingerprint density at radius 1 is 1.24 bits per heavy atom. The maximum absolute atomic E-state index is 13.6. The van der Waals surface area contributed by atoms with E-state index in [-0.39, 0.29) is 11.9 Å². The van der Waals surface area contributed by atoms with Crippen LogP contribution in [0.2, 0.25) is 0 Å². The highest BCUT2D eigenvalue weighted by atomic mass is 32.1. The van der Waals surface area contributed by atoms with Crippen molar-refractivity contribution in [3.8, 4) is 5.75 Å². The van der Waals surface area contributed by atoms with Gasteiger partial charge < -0.3 is 20.3 Å². The second kappa shape index (κ2) is 8.78. The second-order valence-electron chi connectivity index (χ2n) is 6.06. The van der Waals surface area contributed by atoms with Gasteiger partial charge in [0.25, 0.3) is 0 Å². The summed E-state index contributed by atoms with van der Waals surface area (Å²) in [6.07, 6.45) is 0. The smallest absolute Gasteiger partial charge is 0.170 e. The number of methoxy groups -OCH3 is 1. The summed E-state index contributed by atoms with van der Waals surface area (Å²) >= 11 is 5.33. The molecule has 2 aromatic rings. The van der Waals surface area contributed by atoms with Crippen molar-refractivity contribution in [2.24, 2.45) is 0 Å². The Hall–Kier alpha value is -2.18. The van der Waals surface area contributed by atoms with E-state index in [4.69, 9.17) is 17.0 Å². The number of hydrogen-bond acceptors (Lipinski definition) is 3. The minimum absolute atomic E-state index is 0.115. The van der Waals surface area contributed by atoms with Crippen LogP contribution in [-0.2, 0) is 0 Å². The molecule has 2 aromatic carbocycles. The first-order valence-corrected chi connectivity index (χ1v) is 8.43. The van der Waals surface area contributed by atoms with Gasteiger partial charge >= 0.3 is 0 Å². The number of likely N-dealkylation sites (N-methyl/N-ethyl adjacent to an activating group) is 1. The summed E-state index contributed by atoms with van der Waals surface area (Å²) in [5.74, 6) is 0.565. The van der Waals surface area contributed by atoms with E-state index in [0.717, 1.165) is 11.3 Å². The standard InChI is InChI=1S/C19H24FN3OS/c1-13-8-9-15(11-17(13)20)22-19(25)21-12-18(23(2)3)14-6-5-7-16(10-14)24-4/h5-11,18H,12H2,1-4H3,(H2,21,22,25)/t18-/m1/s1. The number of rotatable bonds is 6. The fraction of sp³-hybridized carbons (Fsp3) is 0.316. The number of aryl methyl sites for hydroxylation is 1. The predicted molar refractivity (Wildman–Crippen MR) is 105 cm³/mol. The molecule has 4 nitrogen and oxygen atoms in total. The molecule has 0 aliphatic carbocycles. The summed E-state index contributed by atoms with van der Waals surface area (Å²) in [5, 5.41) is 6.67. The molecule has 0 aromatic heterocycles. The Bertz CT molecular complexity index is 736. The SMILES string of the molecule is COc1cccc([C@@H](CNC(=S)Nc2ccc(C)c(F)c2)N(C)C)c1. The maximum Gasteiger partial charge on any atom is 0.170 e. The van der Waals surface area contributed by atoms with E-state index in [0.29, 0.717) is 22.9 Å². The Kier molecular flexibility index (Phi) is 6.73. The van der Waals surface area contributed by atoms with Crippen molar-refractivity contribution in [3.05, 3.63) is 59.4 Å². The molecular weight excluding hydrogens is 337 g/mol. The average Bonchev–Trinajstić information content (AvgIpc) is 2.58. The minimum atomic E-state index is -0.254. The van der Waals surface area contributed by atoms with Crippen molar-refractivity contribution < 1.29 is 9.13 Å². The van der Waals surface area contributed by atoms with Gasteiger partial charge in [0.1, 0.15) is 11.6 Å². The molecule has 0 aliphatic rings. The molecule has 2 N–H and O–H groups in total. The zero-order valence-electron chi connectivity index (χ0n) is 15.0. The minimum Gasteiger partial charge on any atom is -0.497 e. The van der Waals surface area contributed by atoms with E-state index in [1.807, 2.05) is 32.3 Å². The van der Waals surface area contributed by atoms with Crippen LogP contribution in [0.5, 0.6) is 5.75 Å². The fourth-order valence-corrected chi connectivity index (χ4v) is 2.68. The molecule has 0 amide bonds. The van der Waals surface area contributed by atoms with Crippen LogP contribution in [0.25, 0.3) is 0 Å². The van der Waals surface area contributed by atoms with Gasteiger partial charge in [-0.15, -0.1) is 0 Å². The third kappa shape index (κ3) is 5.41. The van der Waals surface area contributed by atoms with Gasteiger partial charge in [-0.25, -0.2) is 4.39 Å².